The summed E-state index contributed by atoms with van der Waals surface area (Å²) in [4.78, 5) is 0. The lowest BCUT2D eigenvalue weighted by Crippen LogP contribution is -2.23. The second kappa shape index (κ2) is 36.0. The van der Waals surface area contributed by atoms with Crippen LogP contribution in [0.25, 0.3) is 0 Å². The fraction of sp³-hybridized carbons (Fsp3) is 1.00. The van der Waals surface area contributed by atoms with Crippen LogP contribution < -0.4 is 0 Å². The second-order valence-electron chi connectivity index (χ2n) is 25.8. The molecule has 0 saturated heterocycles. The molecule has 0 N–H and O–H groups in total. The van der Waals surface area contributed by atoms with Gasteiger partial charge in [-0.05, 0) is 114 Å². The van der Waals surface area contributed by atoms with E-state index in [0.717, 1.165) is 70.5 Å². The zero-order valence-corrected chi connectivity index (χ0v) is 47.1. The highest BCUT2D eigenvalue weighted by atomic mass is 14.3. The molecule has 0 aliphatic heterocycles. The minimum Gasteiger partial charge on any atom is -0.0654 e. The Hall–Kier alpha value is 0. The largest absolute Gasteiger partial charge is 0.0654 e. The first kappa shape index (κ1) is 61.0. The van der Waals surface area contributed by atoms with Crippen LogP contribution in [0.15, 0.2) is 0 Å². The third kappa shape index (κ3) is 30.2. The molecule has 0 heteroatoms. The molecule has 9 aliphatic carbocycles. The van der Waals surface area contributed by atoms with Crippen LogP contribution in [-0.4, -0.2) is 0 Å². The quantitative estimate of drug-likeness (QED) is 0.249. The van der Waals surface area contributed by atoms with Gasteiger partial charge in [-0.3, -0.25) is 0 Å². The highest BCUT2D eigenvalue weighted by molar-refractivity contribution is 4.81. The first-order valence-corrected chi connectivity index (χ1v) is 30.0. The van der Waals surface area contributed by atoms with Crippen molar-refractivity contribution in [3.8, 4) is 0 Å². The van der Waals surface area contributed by atoms with Crippen molar-refractivity contribution in [2.75, 3.05) is 0 Å². The lowest BCUT2D eigenvalue weighted by atomic mass is 9.69. The molecule has 0 aromatic heterocycles. The maximum absolute atomic E-state index is 2.39. The van der Waals surface area contributed by atoms with Crippen LogP contribution >= 0.6 is 0 Å². The second-order valence-corrected chi connectivity index (χ2v) is 25.8. The summed E-state index contributed by atoms with van der Waals surface area (Å²) in [6.07, 6.45) is 51.7. The highest BCUT2D eigenvalue weighted by Gasteiger charge is 2.29. The van der Waals surface area contributed by atoms with Crippen molar-refractivity contribution in [2.45, 2.75) is 329 Å². The van der Waals surface area contributed by atoms with Crippen LogP contribution in [0.5, 0.6) is 0 Å². The van der Waals surface area contributed by atoms with Crippen LogP contribution in [0.1, 0.15) is 329 Å². The summed E-state index contributed by atoms with van der Waals surface area (Å²) in [5.74, 6) is 11.5. The SMILES string of the molecule is CC(C)C1CCC1.CC1(C)CCCC1.CC1CCCCC1.CC1CCC[C@H]1C.CC1CC[C@@H](C)C1.CCC1(C)CCC1.CCC1CCCC1.CCC1CC[C@@H]1C.CCCC1CCC1. The first-order chi connectivity index (χ1) is 30.0. The van der Waals surface area contributed by atoms with Crippen LogP contribution in [-0.2, 0) is 0 Å². The monoisotopic (exact) mass is 883 g/mol. The normalized spacial score (nSPS) is 30.3. The molecular formula is C63H126. The van der Waals surface area contributed by atoms with Crippen molar-refractivity contribution in [1.82, 2.24) is 0 Å². The third-order valence-corrected chi connectivity index (χ3v) is 18.9. The number of hydrogen-bond acceptors (Lipinski definition) is 0. The van der Waals surface area contributed by atoms with Gasteiger partial charge in [-0.15, -0.1) is 0 Å². The van der Waals surface area contributed by atoms with E-state index in [1.807, 2.05) is 0 Å². The van der Waals surface area contributed by atoms with Gasteiger partial charge in [-0.25, -0.2) is 0 Å². The van der Waals surface area contributed by atoms with Crippen LogP contribution in [0, 0.1) is 75.9 Å². The maximum atomic E-state index is 2.39. The smallest absolute Gasteiger partial charge is 0.0328 e. The molecule has 378 valence electrons. The molecule has 9 rings (SSSR count). The fourth-order valence-corrected chi connectivity index (χ4v) is 11.7. The standard InChI is InChI=1S/9C7H14/c1-6-3-4-7(2)5-6;1-7(2)5-3-4-6-7;1-6-4-3-5-7(6)2;1-6(2)7-4-3-5-7;1-7-5-3-2-4-6-7;1-3-7(2)5-4-6-7;1-3-7-5-4-6(7)2;1-2-7-5-3-4-6-7;1-2-4-7-5-3-6-7/h6-7H,3-5H2,1-2H3;3-6H2,1-2H3;2*6-7H,3-5H2,1-2H3;7H,2-6H2,1H3;3-6H2,1-2H3;6-7H,3-5H2,1-2H3;2*7H,2-6H2,1H3/t6-,7?;;6-,7?;;;;6-,7?;;/m1.1...0../s1. The summed E-state index contributed by atoms with van der Waals surface area (Å²) >= 11 is 0. The van der Waals surface area contributed by atoms with E-state index in [1.54, 1.807) is 0 Å². The van der Waals surface area contributed by atoms with Crippen LogP contribution in [0.4, 0.5) is 0 Å². The van der Waals surface area contributed by atoms with Gasteiger partial charge in [0.15, 0.2) is 0 Å². The molecule has 63 heavy (non-hydrogen) atoms. The topological polar surface area (TPSA) is 0 Å². The molecule has 0 radical (unpaired) electrons. The van der Waals surface area contributed by atoms with Crippen molar-refractivity contribution in [3.63, 3.8) is 0 Å². The number of hydrogen-bond donors (Lipinski definition) is 0. The Morgan fingerprint density at radius 1 is 0.413 bits per heavy atom. The molecule has 0 heterocycles. The van der Waals surface area contributed by atoms with E-state index in [4.69, 9.17) is 0 Å². The molecule has 0 amide bonds. The molecule has 0 aromatic rings. The van der Waals surface area contributed by atoms with Crippen molar-refractivity contribution < 1.29 is 0 Å². The Kier molecular flexibility index (Phi) is 34.9. The van der Waals surface area contributed by atoms with Gasteiger partial charge >= 0.3 is 0 Å². The predicted molar refractivity (Wildman–Crippen MR) is 290 cm³/mol. The van der Waals surface area contributed by atoms with E-state index < -0.39 is 0 Å². The average molecular weight is 884 g/mol. The highest BCUT2D eigenvalue weighted by Crippen LogP contribution is 2.43. The van der Waals surface area contributed by atoms with E-state index in [2.05, 4.69) is 104 Å². The molecular weight excluding hydrogens is 757 g/mol. The van der Waals surface area contributed by atoms with E-state index >= 15 is 0 Å². The predicted octanol–water partition coefficient (Wildman–Crippen LogP) is 22.7. The third-order valence-electron chi connectivity index (χ3n) is 18.9. The van der Waals surface area contributed by atoms with E-state index in [9.17, 15) is 0 Å². The molecule has 0 nitrogen and oxygen atoms in total. The zero-order valence-electron chi connectivity index (χ0n) is 47.1. The minimum absolute atomic E-state index is 0.694. The Morgan fingerprint density at radius 2 is 0.905 bits per heavy atom. The molecule has 0 spiro atoms. The van der Waals surface area contributed by atoms with Gasteiger partial charge in [-0.1, -0.05) is 290 Å². The summed E-state index contributed by atoms with van der Waals surface area (Å²) in [6.45, 7) is 35.1. The summed E-state index contributed by atoms with van der Waals surface area (Å²) in [5.41, 5.74) is 1.46. The van der Waals surface area contributed by atoms with Crippen molar-refractivity contribution in [2.24, 2.45) is 75.9 Å². The molecule has 9 saturated carbocycles. The van der Waals surface area contributed by atoms with Crippen LogP contribution in [0.2, 0.25) is 0 Å². The summed E-state index contributed by atoms with van der Waals surface area (Å²) < 4.78 is 0. The van der Waals surface area contributed by atoms with Gasteiger partial charge < -0.3 is 0 Å². The Labute approximate surface area is 402 Å². The van der Waals surface area contributed by atoms with E-state index in [-0.39, 0.29) is 0 Å². The van der Waals surface area contributed by atoms with Gasteiger partial charge in [0, 0.05) is 0 Å². The van der Waals surface area contributed by atoms with Gasteiger partial charge in [0.1, 0.15) is 0 Å². The fourth-order valence-electron chi connectivity index (χ4n) is 11.7. The summed E-state index contributed by atoms with van der Waals surface area (Å²) in [6, 6.07) is 0. The van der Waals surface area contributed by atoms with Crippen LogP contribution in [0.3, 0.4) is 0 Å². The maximum Gasteiger partial charge on any atom is -0.0328 e. The Morgan fingerprint density at radius 3 is 1.03 bits per heavy atom. The average Bonchev–Trinajstić information content (AvgIpc) is 4.04. The molecule has 6 atom stereocenters. The van der Waals surface area contributed by atoms with Gasteiger partial charge in [0.05, 0.1) is 0 Å². The number of rotatable bonds is 6. The Bertz CT molecular complexity index is 933. The zero-order chi connectivity index (χ0) is 47.1. The van der Waals surface area contributed by atoms with Crippen molar-refractivity contribution in [1.29, 1.82) is 0 Å². The summed E-state index contributed by atoms with van der Waals surface area (Å²) in [7, 11) is 0. The van der Waals surface area contributed by atoms with E-state index in [1.165, 1.54) is 225 Å². The van der Waals surface area contributed by atoms with Gasteiger partial charge in [-0.2, -0.15) is 0 Å². The lowest BCUT2D eigenvalue weighted by Gasteiger charge is -2.37. The van der Waals surface area contributed by atoms with E-state index in [0.29, 0.717) is 5.41 Å². The molecule has 3 unspecified atom stereocenters. The summed E-state index contributed by atoms with van der Waals surface area (Å²) in [5, 5.41) is 0. The van der Waals surface area contributed by atoms with Gasteiger partial charge in [0.2, 0.25) is 0 Å². The molecule has 9 fully saturated rings. The minimum atomic E-state index is 0.694. The Balaban J connectivity index is 0.000000354. The van der Waals surface area contributed by atoms with Gasteiger partial charge in [0.25, 0.3) is 0 Å². The molecule has 0 aromatic carbocycles. The molecule has 9 aliphatic rings. The van der Waals surface area contributed by atoms with Crippen molar-refractivity contribution >= 4 is 0 Å². The van der Waals surface area contributed by atoms with Crippen molar-refractivity contribution in [3.05, 3.63) is 0 Å². The lowest BCUT2D eigenvalue weighted by molar-refractivity contribution is 0.155. The molecule has 0 bridgehead atoms. The first-order valence-electron chi connectivity index (χ1n) is 30.0.